The highest BCUT2D eigenvalue weighted by Gasteiger charge is 2.35. The molecule has 0 saturated carbocycles. The standard InChI is InChI=1S/C29H34N8O4S/c1-17(33-28(40)41-29(2,3)4)15-31-26(38)18-13-21(34-24(14-18)36-10-9-22(36)27(39)30-5)19-16-32-37-11-8-20(35-25(19)37)23-7-6-12-42-23/h6-8,11-14,16-17,22H,9-10,15H2,1-5H3,(H,30,39)(H,31,38)(H,33,40)/t17-,22-/m0/s1. The molecule has 0 aliphatic carbocycles. The van der Waals surface area contributed by atoms with Crippen LogP contribution in [0.4, 0.5) is 10.6 Å². The van der Waals surface area contributed by atoms with E-state index in [0.717, 1.165) is 10.6 Å². The second-order valence-electron chi connectivity index (χ2n) is 11.1. The minimum atomic E-state index is -0.627. The summed E-state index contributed by atoms with van der Waals surface area (Å²) in [6.45, 7) is 7.93. The molecular weight excluding hydrogens is 556 g/mol. The van der Waals surface area contributed by atoms with Gasteiger partial charge in [0.1, 0.15) is 17.5 Å². The third kappa shape index (κ3) is 6.35. The number of carbonyl (C=O) groups excluding carboxylic acids is 3. The first-order chi connectivity index (χ1) is 20.0. The number of amides is 3. The van der Waals surface area contributed by atoms with Gasteiger partial charge in [-0.25, -0.2) is 19.3 Å². The molecule has 12 nitrogen and oxygen atoms in total. The first-order valence-corrected chi connectivity index (χ1v) is 14.6. The predicted molar refractivity (Wildman–Crippen MR) is 161 cm³/mol. The molecule has 42 heavy (non-hydrogen) atoms. The molecule has 3 amide bonds. The minimum Gasteiger partial charge on any atom is -0.444 e. The zero-order valence-electron chi connectivity index (χ0n) is 24.2. The van der Waals surface area contributed by atoms with Gasteiger partial charge in [0.15, 0.2) is 5.65 Å². The molecule has 1 saturated heterocycles. The van der Waals surface area contributed by atoms with E-state index in [1.807, 2.05) is 34.7 Å². The Labute approximate surface area is 247 Å². The molecule has 13 heteroatoms. The molecule has 3 N–H and O–H groups in total. The number of nitrogens with zero attached hydrogens (tertiary/aromatic N) is 5. The van der Waals surface area contributed by atoms with Crippen LogP contribution in [0.5, 0.6) is 0 Å². The molecule has 2 atom stereocenters. The van der Waals surface area contributed by atoms with E-state index in [1.165, 1.54) is 0 Å². The number of thiophene rings is 1. The Kier molecular flexibility index (Phi) is 8.12. The van der Waals surface area contributed by atoms with Gasteiger partial charge >= 0.3 is 6.09 Å². The van der Waals surface area contributed by atoms with Crippen molar-refractivity contribution in [2.45, 2.75) is 51.8 Å². The van der Waals surface area contributed by atoms with Crippen molar-refractivity contribution in [1.29, 1.82) is 0 Å². The van der Waals surface area contributed by atoms with Gasteiger partial charge in [0.25, 0.3) is 5.91 Å². The number of fused-ring (bicyclic) bond motifs is 1. The average molecular weight is 591 g/mol. The maximum absolute atomic E-state index is 13.4. The van der Waals surface area contributed by atoms with Gasteiger partial charge in [-0.1, -0.05) is 6.07 Å². The summed E-state index contributed by atoms with van der Waals surface area (Å²) < 4.78 is 6.97. The Bertz CT molecular complexity index is 1610. The average Bonchev–Trinajstić information content (AvgIpc) is 3.60. The number of ether oxygens (including phenoxy) is 1. The maximum atomic E-state index is 13.4. The van der Waals surface area contributed by atoms with Crippen molar-refractivity contribution in [3.05, 3.63) is 53.7 Å². The van der Waals surface area contributed by atoms with Crippen molar-refractivity contribution >= 4 is 40.7 Å². The molecule has 0 radical (unpaired) electrons. The summed E-state index contributed by atoms with van der Waals surface area (Å²) in [7, 11) is 1.60. The summed E-state index contributed by atoms with van der Waals surface area (Å²) in [6.07, 6.45) is 3.64. The van der Waals surface area contributed by atoms with Crippen LogP contribution < -0.4 is 20.9 Å². The number of nitrogens with one attached hydrogen (secondary N) is 3. The Morgan fingerprint density at radius 1 is 1.17 bits per heavy atom. The third-order valence-electron chi connectivity index (χ3n) is 6.69. The number of likely N-dealkylation sites (N-methyl/N-ethyl adjacent to an activating group) is 1. The van der Waals surface area contributed by atoms with Crippen molar-refractivity contribution in [1.82, 2.24) is 35.5 Å². The SMILES string of the molecule is CNC(=O)[C@@H]1CCN1c1cc(C(=O)NC[C@H](C)NC(=O)OC(C)(C)C)cc(-c2cnn3ccc(-c4cccs4)nc23)n1. The van der Waals surface area contributed by atoms with Crippen LogP contribution in [-0.4, -0.2) is 75.3 Å². The van der Waals surface area contributed by atoms with Crippen molar-refractivity contribution in [3.63, 3.8) is 0 Å². The van der Waals surface area contributed by atoms with Crippen molar-refractivity contribution in [3.8, 4) is 21.8 Å². The normalized spacial score (nSPS) is 15.5. The van der Waals surface area contributed by atoms with Crippen LogP contribution in [0.3, 0.4) is 0 Å². The van der Waals surface area contributed by atoms with Gasteiger partial charge in [0.2, 0.25) is 5.91 Å². The van der Waals surface area contributed by atoms with E-state index in [4.69, 9.17) is 14.7 Å². The van der Waals surface area contributed by atoms with E-state index in [9.17, 15) is 14.4 Å². The number of carbonyl (C=O) groups is 3. The molecule has 220 valence electrons. The predicted octanol–water partition coefficient (Wildman–Crippen LogP) is 3.49. The number of alkyl carbamates (subject to hydrolysis) is 1. The summed E-state index contributed by atoms with van der Waals surface area (Å²) in [5.74, 6) is 0.0457. The Hall–Kier alpha value is -4.52. The summed E-state index contributed by atoms with van der Waals surface area (Å²) >= 11 is 1.59. The Balaban J connectivity index is 1.45. The first-order valence-electron chi connectivity index (χ1n) is 13.7. The van der Waals surface area contributed by atoms with Crippen LogP contribution >= 0.6 is 11.3 Å². The van der Waals surface area contributed by atoms with Gasteiger partial charge in [-0.05, 0) is 63.8 Å². The highest BCUT2D eigenvalue weighted by molar-refractivity contribution is 7.13. The molecule has 0 spiro atoms. The van der Waals surface area contributed by atoms with E-state index >= 15 is 0 Å². The summed E-state index contributed by atoms with van der Waals surface area (Å²) in [5.41, 5.74) is 2.29. The highest BCUT2D eigenvalue weighted by atomic mass is 32.1. The molecule has 0 unspecified atom stereocenters. The first kappa shape index (κ1) is 29.0. The minimum absolute atomic E-state index is 0.111. The van der Waals surface area contributed by atoms with Gasteiger partial charge in [0.05, 0.1) is 28.0 Å². The molecule has 5 rings (SSSR count). The van der Waals surface area contributed by atoms with Gasteiger partial charge in [-0.2, -0.15) is 5.10 Å². The topological polar surface area (TPSA) is 143 Å². The molecule has 5 heterocycles. The molecule has 0 aromatic carbocycles. The number of anilines is 1. The summed E-state index contributed by atoms with van der Waals surface area (Å²) in [5, 5.41) is 14.8. The van der Waals surface area contributed by atoms with Crippen LogP contribution in [-0.2, 0) is 9.53 Å². The molecule has 1 aliphatic heterocycles. The van der Waals surface area contributed by atoms with Crippen LogP contribution in [0.15, 0.2) is 48.1 Å². The highest BCUT2D eigenvalue weighted by Crippen LogP contribution is 2.31. The van der Waals surface area contributed by atoms with Crippen LogP contribution in [0, 0.1) is 0 Å². The van der Waals surface area contributed by atoms with Gasteiger partial charge in [0, 0.05) is 37.9 Å². The summed E-state index contributed by atoms with van der Waals surface area (Å²) in [4.78, 5) is 50.6. The Morgan fingerprint density at radius 3 is 2.64 bits per heavy atom. The number of aromatic nitrogens is 4. The van der Waals surface area contributed by atoms with E-state index in [0.29, 0.717) is 41.3 Å². The molecule has 0 bridgehead atoms. The molecule has 1 fully saturated rings. The zero-order chi connectivity index (χ0) is 30.0. The third-order valence-corrected chi connectivity index (χ3v) is 7.58. The fourth-order valence-corrected chi connectivity index (χ4v) is 5.25. The second kappa shape index (κ2) is 11.8. The van der Waals surface area contributed by atoms with Gasteiger partial charge in [-0.15, -0.1) is 11.3 Å². The molecule has 1 aliphatic rings. The summed E-state index contributed by atoms with van der Waals surface area (Å²) in [6, 6.07) is 8.49. The van der Waals surface area contributed by atoms with Gasteiger partial charge < -0.3 is 25.6 Å². The van der Waals surface area contributed by atoms with Crippen molar-refractivity contribution in [2.75, 3.05) is 25.0 Å². The van der Waals surface area contributed by atoms with E-state index in [1.54, 1.807) is 68.9 Å². The van der Waals surface area contributed by atoms with Crippen LogP contribution in [0.1, 0.15) is 44.5 Å². The molecule has 4 aromatic heterocycles. The van der Waals surface area contributed by atoms with Crippen molar-refractivity contribution in [2.24, 2.45) is 0 Å². The fourth-order valence-electron chi connectivity index (χ4n) is 4.55. The monoisotopic (exact) mass is 590 g/mol. The number of rotatable bonds is 8. The van der Waals surface area contributed by atoms with E-state index in [-0.39, 0.29) is 30.4 Å². The fraction of sp³-hybridized carbons (Fsp3) is 0.379. The number of pyridine rings is 1. The van der Waals surface area contributed by atoms with Gasteiger partial charge in [-0.3, -0.25) is 9.59 Å². The number of hydrogen-bond donors (Lipinski definition) is 3. The molecular formula is C29H34N8O4S. The van der Waals surface area contributed by atoms with Crippen LogP contribution in [0.2, 0.25) is 0 Å². The van der Waals surface area contributed by atoms with Crippen molar-refractivity contribution < 1.29 is 19.1 Å². The lowest BCUT2D eigenvalue weighted by atomic mass is 10.0. The maximum Gasteiger partial charge on any atom is 0.407 e. The molecule has 4 aromatic rings. The van der Waals surface area contributed by atoms with Crippen LogP contribution in [0.25, 0.3) is 27.5 Å². The smallest absolute Gasteiger partial charge is 0.407 e. The quantitative estimate of drug-likeness (QED) is 0.283. The Morgan fingerprint density at radius 2 is 1.98 bits per heavy atom. The largest absolute Gasteiger partial charge is 0.444 e. The van der Waals surface area contributed by atoms with E-state index < -0.39 is 11.7 Å². The lowest BCUT2D eigenvalue weighted by molar-refractivity contribution is -0.123. The van der Waals surface area contributed by atoms with E-state index in [2.05, 4.69) is 21.0 Å². The number of hydrogen-bond acceptors (Lipinski definition) is 9. The lowest BCUT2D eigenvalue weighted by Gasteiger charge is -2.40. The lowest BCUT2D eigenvalue weighted by Crippen LogP contribution is -2.56. The zero-order valence-corrected chi connectivity index (χ0v) is 25.0. The second-order valence-corrected chi connectivity index (χ2v) is 12.0.